The van der Waals surface area contributed by atoms with Crippen molar-refractivity contribution in [1.82, 2.24) is 10.3 Å². The molecule has 0 bridgehead atoms. The number of benzene rings is 1. The van der Waals surface area contributed by atoms with Crippen LogP contribution in [0.5, 0.6) is 0 Å². The van der Waals surface area contributed by atoms with Gasteiger partial charge in [-0.2, -0.15) is 0 Å². The Morgan fingerprint density at radius 2 is 1.75 bits per heavy atom. The zero-order valence-electron chi connectivity index (χ0n) is 13.5. The highest BCUT2D eigenvalue weighted by atomic mass is 16.3. The van der Waals surface area contributed by atoms with Crippen LogP contribution in [-0.2, 0) is 0 Å². The van der Waals surface area contributed by atoms with Gasteiger partial charge in [0.25, 0.3) is 5.91 Å². The fraction of sp³-hybridized carbons (Fsp3) is 0.368. The number of aliphatic hydroxyl groups is 1. The van der Waals surface area contributed by atoms with Crippen molar-refractivity contribution in [2.24, 2.45) is 5.92 Å². The number of hydrogen-bond donors (Lipinski definition) is 3. The summed E-state index contributed by atoms with van der Waals surface area (Å²) < 4.78 is 0. The van der Waals surface area contributed by atoms with Crippen LogP contribution in [-0.4, -0.2) is 34.4 Å². The van der Waals surface area contributed by atoms with Crippen molar-refractivity contribution in [3.63, 3.8) is 0 Å². The first-order valence-electron chi connectivity index (χ1n) is 8.39. The van der Waals surface area contributed by atoms with Crippen molar-refractivity contribution < 1.29 is 14.7 Å². The van der Waals surface area contributed by atoms with Crippen molar-refractivity contribution in [3.05, 3.63) is 59.4 Å². The number of H-pyrrole nitrogens is 1. The molecule has 24 heavy (non-hydrogen) atoms. The zero-order chi connectivity index (χ0) is 16.9. The normalized spacial score (nSPS) is 16.0. The van der Waals surface area contributed by atoms with Crippen LogP contribution in [0.4, 0.5) is 0 Å². The molecule has 0 saturated heterocycles. The zero-order valence-corrected chi connectivity index (χ0v) is 13.5. The molecular formula is C19H22N2O3. The number of amides is 1. The Hall–Kier alpha value is -2.40. The molecule has 1 unspecified atom stereocenters. The molecule has 5 nitrogen and oxygen atoms in total. The lowest BCUT2D eigenvalue weighted by atomic mass is 10.0. The van der Waals surface area contributed by atoms with E-state index in [1.807, 2.05) is 0 Å². The Morgan fingerprint density at radius 3 is 2.38 bits per heavy atom. The number of hydrogen-bond acceptors (Lipinski definition) is 3. The number of carbonyl (C=O) groups excluding carboxylic acids is 2. The summed E-state index contributed by atoms with van der Waals surface area (Å²) in [5.74, 6) is -0.0146. The van der Waals surface area contributed by atoms with E-state index >= 15 is 0 Å². The third-order valence-corrected chi connectivity index (χ3v) is 4.69. The number of aromatic amines is 1. The van der Waals surface area contributed by atoms with E-state index in [2.05, 4.69) is 10.3 Å². The molecule has 0 aliphatic heterocycles. The van der Waals surface area contributed by atoms with Gasteiger partial charge in [-0.25, -0.2) is 0 Å². The average Bonchev–Trinajstić information content (AvgIpc) is 3.32. The molecule has 1 aromatic carbocycles. The minimum absolute atomic E-state index is 0.0835. The van der Waals surface area contributed by atoms with Gasteiger partial charge < -0.3 is 15.4 Å². The maximum atomic E-state index is 12.2. The van der Waals surface area contributed by atoms with E-state index in [0.29, 0.717) is 22.6 Å². The summed E-state index contributed by atoms with van der Waals surface area (Å²) in [6.07, 6.45) is 7.25. The lowest BCUT2D eigenvalue weighted by molar-refractivity contribution is 0.0840. The molecule has 1 aliphatic rings. The van der Waals surface area contributed by atoms with Gasteiger partial charge in [0.2, 0.25) is 0 Å². The molecule has 2 aromatic rings. The summed E-state index contributed by atoms with van der Waals surface area (Å²) in [7, 11) is 0. The summed E-state index contributed by atoms with van der Waals surface area (Å²) in [5, 5.41) is 12.9. The molecule has 3 rings (SSSR count). The molecule has 1 atom stereocenters. The molecule has 1 saturated carbocycles. The van der Waals surface area contributed by atoms with Gasteiger partial charge >= 0.3 is 0 Å². The smallest absolute Gasteiger partial charge is 0.251 e. The van der Waals surface area contributed by atoms with Crippen LogP contribution in [0.15, 0.2) is 42.7 Å². The molecule has 1 amide bonds. The van der Waals surface area contributed by atoms with Gasteiger partial charge in [-0.15, -0.1) is 0 Å². The number of nitrogens with one attached hydrogen (secondary N) is 2. The summed E-state index contributed by atoms with van der Waals surface area (Å²) in [6.45, 7) is 0.271. The van der Waals surface area contributed by atoms with E-state index < -0.39 is 6.10 Å². The number of carbonyl (C=O) groups is 2. The van der Waals surface area contributed by atoms with Crippen molar-refractivity contribution in [3.8, 4) is 0 Å². The van der Waals surface area contributed by atoms with E-state index in [1.165, 1.54) is 0 Å². The first-order valence-corrected chi connectivity index (χ1v) is 8.39. The maximum absolute atomic E-state index is 12.2. The van der Waals surface area contributed by atoms with Crippen molar-refractivity contribution in [1.29, 1.82) is 0 Å². The lowest BCUT2D eigenvalue weighted by Crippen LogP contribution is -2.35. The second kappa shape index (κ2) is 7.45. The predicted octanol–water partition coefficient (Wildman–Crippen LogP) is 2.53. The third-order valence-electron chi connectivity index (χ3n) is 4.69. The molecule has 0 radical (unpaired) electrons. The topological polar surface area (TPSA) is 82.2 Å². The van der Waals surface area contributed by atoms with Crippen LogP contribution in [0.2, 0.25) is 0 Å². The largest absolute Gasteiger partial charge is 0.391 e. The van der Waals surface area contributed by atoms with Gasteiger partial charge in [0, 0.05) is 35.6 Å². The van der Waals surface area contributed by atoms with E-state index in [4.69, 9.17) is 0 Å². The Balaban J connectivity index is 1.56. The van der Waals surface area contributed by atoms with Gasteiger partial charge in [0.15, 0.2) is 5.78 Å². The van der Waals surface area contributed by atoms with E-state index in [0.717, 1.165) is 25.7 Å². The monoisotopic (exact) mass is 326 g/mol. The van der Waals surface area contributed by atoms with Gasteiger partial charge in [-0.1, -0.05) is 25.0 Å². The summed E-state index contributed by atoms with van der Waals surface area (Å²) in [4.78, 5) is 27.2. The maximum Gasteiger partial charge on any atom is 0.251 e. The second-order valence-corrected chi connectivity index (χ2v) is 6.33. The molecule has 1 fully saturated rings. The summed E-state index contributed by atoms with van der Waals surface area (Å²) >= 11 is 0. The highest BCUT2D eigenvalue weighted by molar-refractivity contribution is 6.09. The third kappa shape index (κ3) is 3.74. The van der Waals surface area contributed by atoms with Crippen molar-refractivity contribution in [2.75, 3.05) is 6.54 Å². The molecule has 126 valence electrons. The molecule has 3 N–H and O–H groups in total. The number of rotatable bonds is 6. The molecule has 1 aromatic heterocycles. The predicted molar refractivity (Wildman–Crippen MR) is 91.0 cm³/mol. The lowest BCUT2D eigenvalue weighted by Gasteiger charge is -2.18. The number of ketones is 1. The van der Waals surface area contributed by atoms with Crippen LogP contribution in [0.3, 0.4) is 0 Å². The standard InChI is InChI=1S/C19H22N2O3/c22-17(13-3-1-2-4-13)12-21-19(24)15-7-5-14(6-8-15)18(23)16-9-10-20-11-16/h5-11,13,17,20,22H,1-4,12H2,(H,21,24). The molecule has 0 spiro atoms. The van der Waals surface area contributed by atoms with Gasteiger partial charge in [0.05, 0.1) is 6.10 Å². The Labute approximate surface area is 141 Å². The highest BCUT2D eigenvalue weighted by Gasteiger charge is 2.23. The summed E-state index contributed by atoms with van der Waals surface area (Å²) in [6, 6.07) is 8.29. The fourth-order valence-corrected chi connectivity index (χ4v) is 3.21. The Kier molecular flexibility index (Phi) is 5.11. The summed E-state index contributed by atoms with van der Waals surface area (Å²) in [5.41, 5.74) is 1.61. The molecular weight excluding hydrogens is 304 g/mol. The van der Waals surface area contributed by atoms with E-state index in [9.17, 15) is 14.7 Å². The highest BCUT2D eigenvalue weighted by Crippen LogP contribution is 2.27. The van der Waals surface area contributed by atoms with Gasteiger partial charge in [-0.05, 0) is 37.0 Å². The second-order valence-electron chi connectivity index (χ2n) is 6.33. The van der Waals surface area contributed by atoms with Crippen molar-refractivity contribution in [2.45, 2.75) is 31.8 Å². The minimum Gasteiger partial charge on any atom is -0.391 e. The van der Waals surface area contributed by atoms with Crippen LogP contribution in [0.25, 0.3) is 0 Å². The fourth-order valence-electron chi connectivity index (χ4n) is 3.21. The first kappa shape index (κ1) is 16.5. The van der Waals surface area contributed by atoms with Crippen LogP contribution in [0.1, 0.15) is 52.0 Å². The first-order chi connectivity index (χ1) is 11.6. The Morgan fingerprint density at radius 1 is 1.08 bits per heavy atom. The molecule has 1 aliphatic carbocycles. The molecule has 1 heterocycles. The van der Waals surface area contributed by atoms with Gasteiger partial charge in [-0.3, -0.25) is 9.59 Å². The Bertz CT molecular complexity index is 686. The SMILES string of the molecule is O=C(NCC(O)C1CCCC1)c1ccc(C(=O)c2cc[nH]c2)cc1. The molecule has 5 heteroatoms. The number of aliphatic hydroxyl groups excluding tert-OH is 1. The average molecular weight is 326 g/mol. The number of aromatic nitrogens is 1. The van der Waals surface area contributed by atoms with E-state index in [-0.39, 0.29) is 18.2 Å². The van der Waals surface area contributed by atoms with Gasteiger partial charge in [0.1, 0.15) is 0 Å². The minimum atomic E-state index is -0.481. The van der Waals surface area contributed by atoms with Crippen LogP contribution < -0.4 is 5.32 Å². The van der Waals surface area contributed by atoms with Crippen molar-refractivity contribution >= 4 is 11.7 Å². The van der Waals surface area contributed by atoms with Crippen LogP contribution in [0, 0.1) is 5.92 Å². The quantitative estimate of drug-likeness (QED) is 0.713. The van der Waals surface area contributed by atoms with Crippen LogP contribution >= 0.6 is 0 Å². The van der Waals surface area contributed by atoms with E-state index in [1.54, 1.807) is 42.7 Å².